The summed E-state index contributed by atoms with van der Waals surface area (Å²) in [6.07, 6.45) is 0. The normalized spacial score (nSPS) is 11.8. The molecule has 0 saturated heterocycles. The van der Waals surface area contributed by atoms with E-state index in [4.69, 9.17) is 14.6 Å². The number of methoxy groups -OCH3 is 2. The Morgan fingerprint density at radius 2 is 1.96 bits per heavy atom. The highest BCUT2D eigenvalue weighted by Crippen LogP contribution is 2.30. The van der Waals surface area contributed by atoms with Crippen molar-refractivity contribution in [2.45, 2.75) is 18.7 Å². The van der Waals surface area contributed by atoms with Crippen molar-refractivity contribution in [1.82, 2.24) is 15.3 Å². The number of hydrogen-bond acceptors (Lipinski definition) is 7. The predicted molar refractivity (Wildman–Crippen MR) is 96.9 cm³/mol. The number of thioether (sulfide) groups is 1. The van der Waals surface area contributed by atoms with Gasteiger partial charge >= 0.3 is 5.97 Å². The molecule has 0 fully saturated rings. The van der Waals surface area contributed by atoms with Gasteiger partial charge in [-0.15, -0.1) is 11.8 Å². The van der Waals surface area contributed by atoms with Gasteiger partial charge < -0.3 is 24.9 Å². The van der Waals surface area contributed by atoms with Crippen LogP contribution in [0.3, 0.4) is 0 Å². The summed E-state index contributed by atoms with van der Waals surface area (Å²) in [6.45, 7) is 1.38. The van der Waals surface area contributed by atoms with Gasteiger partial charge in [-0.3, -0.25) is 14.4 Å². The molecule has 0 radical (unpaired) electrons. The maximum Gasteiger partial charge on any atom is 0.325 e. The highest BCUT2D eigenvalue weighted by Gasteiger charge is 2.14. The number of nitrogens with zero attached hydrogens (tertiary/aromatic N) is 1. The Kier molecular flexibility index (Phi) is 6.45. The first-order valence-corrected chi connectivity index (χ1v) is 8.76. The van der Waals surface area contributed by atoms with Gasteiger partial charge in [-0.2, -0.15) is 0 Å². The number of fused-ring (bicyclic) bond motifs is 1. The molecule has 1 aromatic carbocycles. The molecule has 1 amide bonds. The molecule has 0 spiro atoms. The Morgan fingerprint density at radius 1 is 1.31 bits per heavy atom. The summed E-state index contributed by atoms with van der Waals surface area (Å²) in [5, 5.41) is 11.5. The standard InChI is InChI=1S/C16H19N3O6S/c1-8(16(22)23)17-14(20)7-26-6-13-18-10-5-12(25-3)11(24-2)4-9(10)15(21)19-13/h4-5,8H,6-7H2,1-3H3,(H,17,20)(H,22,23)(H,18,19,21)/t8-/m1/s1. The molecule has 1 aromatic heterocycles. The number of ether oxygens (including phenoxy) is 2. The summed E-state index contributed by atoms with van der Waals surface area (Å²) in [5.74, 6) is 0.114. The first kappa shape index (κ1) is 19.6. The molecule has 0 aliphatic rings. The lowest BCUT2D eigenvalue weighted by atomic mass is 10.2. The van der Waals surface area contributed by atoms with E-state index >= 15 is 0 Å². The molecule has 10 heteroatoms. The monoisotopic (exact) mass is 381 g/mol. The van der Waals surface area contributed by atoms with Gasteiger partial charge in [0.05, 0.1) is 36.6 Å². The number of carbonyl (C=O) groups is 2. The molecule has 0 bridgehead atoms. The highest BCUT2D eigenvalue weighted by molar-refractivity contribution is 7.99. The fourth-order valence-corrected chi connectivity index (χ4v) is 2.87. The van der Waals surface area contributed by atoms with E-state index in [2.05, 4.69) is 15.3 Å². The first-order chi connectivity index (χ1) is 12.3. The van der Waals surface area contributed by atoms with Gasteiger partial charge in [-0.1, -0.05) is 0 Å². The van der Waals surface area contributed by atoms with E-state index in [1.165, 1.54) is 32.9 Å². The van der Waals surface area contributed by atoms with Crippen molar-refractivity contribution < 1.29 is 24.2 Å². The molecule has 2 aromatic rings. The maximum atomic E-state index is 12.2. The molecule has 1 heterocycles. The van der Waals surface area contributed by atoms with E-state index in [1.807, 2.05) is 0 Å². The maximum absolute atomic E-state index is 12.2. The Bertz CT molecular complexity index is 882. The van der Waals surface area contributed by atoms with Gasteiger partial charge in [0.1, 0.15) is 11.9 Å². The molecule has 140 valence electrons. The Labute approximate surface area is 153 Å². The topological polar surface area (TPSA) is 131 Å². The summed E-state index contributed by atoms with van der Waals surface area (Å²) in [4.78, 5) is 41.6. The first-order valence-electron chi connectivity index (χ1n) is 7.60. The Balaban J connectivity index is 2.10. The van der Waals surface area contributed by atoms with Crippen LogP contribution >= 0.6 is 11.8 Å². The number of H-pyrrole nitrogens is 1. The number of amides is 1. The van der Waals surface area contributed by atoms with Crippen molar-refractivity contribution in [3.05, 3.63) is 28.3 Å². The lowest BCUT2D eigenvalue weighted by molar-refractivity contribution is -0.140. The third-order valence-electron chi connectivity index (χ3n) is 3.48. The fraction of sp³-hybridized carbons (Fsp3) is 0.375. The van der Waals surface area contributed by atoms with Gasteiger partial charge in [0.2, 0.25) is 5.91 Å². The molecule has 1 atom stereocenters. The van der Waals surface area contributed by atoms with Gasteiger partial charge in [-0.05, 0) is 13.0 Å². The van der Waals surface area contributed by atoms with Crippen LogP contribution in [-0.4, -0.2) is 53.0 Å². The van der Waals surface area contributed by atoms with E-state index in [0.717, 1.165) is 0 Å². The third kappa shape index (κ3) is 4.66. The summed E-state index contributed by atoms with van der Waals surface area (Å²) in [6, 6.07) is 2.21. The average Bonchev–Trinajstić information content (AvgIpc) is 2.60. The molecule has 0 aliphatic carbocycles. The summed E-state index contributed by atoms with van der Waals surface area (Å²) >= 11 is 1.21. The minimum absolute atomic E-state index is 0.0469. The van der Waals surface area contributed by atoms with Gasteiger partial charge in [0.15, 0.2) is 11.5 Å². The summed E-state index contributed by atoms with van der Waals surface area (Å²) < 4.78 is 10.4. The van der Waals surface area contributed by atoms with Crippen LogP contribution in [0, 0.1) is 0 Å². The van der Waals surface area contributed by atoms with Gasteiger partial charge in [-0.25, -0.2) is 4.98 Å². The Morgan fingerprint density at radius 3 is 2.58 bits per heavy atom. The second-order valence-corrected chi connectivity index (χ2v) is 6.34. The van der Waals surface area contributed by atoms with Crippen molar-refractivity contribution in [3.8, 4) is 11.5 Å². The molecule has 0 aliphatic heterocycles. The number of carbonyl (C=O) groups excluding carboxylic acids is 1. The highest BCUT2D eigenvalue weighted by atomic mass is 32.2. The molecule has 2 rings (SSSR count). The SMILES string of the molecule is COc1cc2nc(CSCC(=O)N[C@H](C)C(=O)O)[nH]c(=O)c2cc1OC. The number of nitrogens with one attached hydrogen (secondary N) is 2. The van der Waals surface area contributed by atoms with Crippen LogP contribution in [0.5, 0.6) is 11.5 Å². The van der Waals surface area contributed by atoms with E-state index in [1.54, 1.807) is 12.1 Å². The number of aliphatic carboxylic acids is 1. The Hall–Kier alpha value is -2.75. The zero-order valence-corrected chi connectivity index (χ0v) is 15.3. The van der Waals surface area contributed by atoms with Gasteiger partial charge in [0, 0.05) is 6.07 Å². The number of benzene rings is 1. The molecule has 26 heavy (non-hydrogen) atoms. The molecular weight excluding hydrogens is 362 g/mol. The van der Waals surface area contributed by atoms with Crippen LogP contribution in [-0.2, 0) is 15.3 Å². The lowest BCUT2D eigenvalue weighted by Crippen LogP contribution is -2.39. The van der Waals surface area contributed by atoms with Crippen LogP contribution < -0.4 is 20.3 Å². The number of carboxylic acid groups (broad SMARTS) is 1. The lowest BCUT2D eigenvalue weighted by Gasteiger charge is -2.10. The fourth-order valence-electron chi connectivity index (χ4n) is 2.17. The van der Waals surface area contributed by atoms with Crippen molar-refractivity contribution in [2.24, 2.45) is 0 Å². The quantitative estimate of drug-likeness (QED) is 0.611. The van der Waals surface area contributed by atoms with Crippen molar-refractivity contribution in [3.63, 3.8) is 0 Å². The second kappa shape index (κ2) is 8.56. The average molecular weight is 381 g/mol. The number of rotatable bonds is 8. The van der Waals surface area contributed by atoms with E-state index < -0.39 is 17.9 Å². The van der Waals surface area contributed by atoms with Crippen LogP contribution in [0.1, 0.15) is 12.7 Å². The molecule has 0 saturated carbocycles. The number of aromatic nitrogens is 2. The smallest absolute Gasteiger partial charge is 0.325 e. The van der Waals surface area contributed by atoms with Crippen LogP contribution in [0.4, 0.5) is 0 Å². The number of carboxylic acids is 1. The summed E-state index contributed by atoms with van der Waals surface area (Å²) in [7, 11) is 2.97. The van der Waals surface area contributed by atoms with Crippen LogP contribution in [0.15, 0.2) is 16.9 Å². The predicted octanol–water partition coefficient (Wildman–Crippen LogP) is 0.763. The zero-order chi connectivity index (χ0) is 19.3. The largest absolute Gasteiger partial charge is 0.493 e. The van der Waals surface area contributed by atoms with E-state index in [0.29, 0.717) is 28.2 Å². The minimum atomic E-state index is -1.10. The number of hydrogen-bond donors (Lipinski definition) is 3. The number of aromatic amines is 1. The molecule has 0 unspecified atom stereocenters. The van der Waals surface area contributed by atoms with Gasteiger partial charge in [0.25, 0.3) is 5.56 Å². The van der Waals surface area contributed by atoms with Crippen molar-refractivity contribution in [1.29, 1.82) is 0 Å². The van der Waals surface area contributed by atoms with Crippen LogP contribution in [0.2, 0.25) is 0 Å². The van der Waals surface area contributed by atoms with E-state index in [-0.39, 0.29) is 17.1 Å². The molecule has 3 N–H and O–H groups in total. The molecular formula is C16H19N3O6S. The third-order valence-corrected chi connectivity index (χ3v) is 4.42. The van der Waals surface area contributed by atoms with E-state index in [9.17, 15) is 14.4 Å². The summed E-state index contributed by atoms with van der Waals surface area (Å²) in [5.41, 5.74) is 0.126. The van der Waals surface area contributed by atoms with Crippen LogP contribution in [0.25, 0.3) is 10.9 Å². The van der Waals surface area contributed by atoms with Crippen molar-refractivity contribution in [2.75, 3.05) is 20.0 Å². The minimum Gasteiger partial charge on any atom is -0.493 e. The van der Waals surface area contributed by atoms with Crippen molar-refractivity contribution >= 4 is 34.5 Å². The molecule has 9 nitrogen and oxygen atoms in total. The zero-order valence-electron chi connectivity index (χ0n) is 14.5. The second-order valence-electron chi connectivity index (χ2n) is 5.36.